The van der Waals surface area contributed by atoms with Crippen molar-refractivity contribution in [3.05, 3.63) is 0 Å². The molecule has 0 aromatic rings. The standard InChI is InChI=1S/C14H30N2/c1-12(2)7-9-16(4)11-14(15)8-5-6-13(3)10-14/h12-13H,5-11,15H2,1-4H3. The van der Waals surface area contributed by atoms with Gasteiger partial charge in [-0.1, -0.05) is 33.6 Å². The van der Waals surface area contributed by atoms with Gasteiger partial charge in [0, 0.05) is 12.1 Å². The Labute approximate surface area is 102 Å². The van der Waals surface area contributed by atoms with E-state index in [-0.39, 0.29) is 5.54 Å². The zero-order valence-electron chi connectivity index (χ0n) is 11.6. The van der Waals surface area contributed by atoms with Crippen LogP contribution in [0.4, 0.5) is 0 Å². The molecule has 0 aromatic heterocycles. The molecule has 1 rings (SSSR count). The van der Waals surface area contributed by atoms with Gasteiger partial charge in [0.25, 0.3) is 0 Å². The normalized spacial score (nSPS) is 31.3. The molecule has 2 atom stereocenters. The highest BCUT2D eigenvalue weighted by Crippen LogP contribution is 2.30. The first-order chi connectivity index (χ1) is 7.41. The Morgan fingerprint density at radius 2 is 2.12 bits per heavy atom. The molecule has 1 aliphatic carbocycles. The van der Waals surface area contributed by atoms with Crippen molar-refractivity contribution in [2.24, 2.45) is 17.6 Å². The van der Waals surface area contributed by atoms with Crippen LogP contribution >= 0.6 is 0 Å². The van der Waals surface area contributed by atoms with Gasteiger partial charge < -0.3 is 10.6 Å². The monoisotopic (exact) mass is 226 g/mol. The molecule has 0 aromatic carbocycles. The summed E-state index contributed by atoms with van der Waals surface area (Å²) in [6.45, 7) is 9.17. The molecule has 16 heavy (non-hydrogen) atoms. The number of rotatable bonds is 5. The van der Waals surface area contributed by atoms with Gasteiger partial charge in [-0.25, -0.2) is 0 Å². The van der Waals surface area contributed by atoms with Crippen LogP contribution in [0.15, 0.2) is 0 Å². The van der Waals surface area contributed by atoms with Gasteiger partial charge in [-0.3, -0.25) is 0 Å². The number of hydrogen-bond acceptors (Lipinski definition) is 2. The maximum absolute atomic E-state index is 6.52. The molecule has 2 N–H and O–H groups in total. The van der Waals surface area contributed by atoms with Crippen LogP contribution in [0.5, 0.6) is 0 Å². The second-order valence-corrected chi connectivity index (χ2v) is 6.48. The van der Waals surface area contributed by atoms with Gasteiger partial charge in [0.1, 0.15) is 0 Å². The number of hydrogen-bond donors (Lipinski definition) is 1. The molecule has 96 valence electrons. The van der Waals surface area contributed by atoms with E-state index in [1.807, 2.05) is 0 Å². The van der Waals surface area contributed by atoms with Crippen molar-refractivity contribution in [3.63, 3.8) is 0 Å². The number of likely N-dealkylation sites (N-methyl/N-ethyl adjacent to an activating group) is 1. The maximum atomic E-state index is 6.52. The second-order valence-electron chi connectivity index (χ2n) is 6.48. The molecule has 0 radical (unpaired) electrons. The van der Waals surface area contributed by atoms with Crippen LogP contribution in [-0.4, -0.2) is 30.6 Å². The Kier molecular flexibility index (Phi) is 5.26. The summed E-state index contributed by atoms with van der Waals surface area (Å²) < 4.78 is 0. The summed E-state index contributed by atoms with van der Waals surface area (Å²) in [5, 5.41) is 0. The van der Waals surface area contributed by atoms with Crippen LogP contribution in [0.25, 0.3) is 0 Å². The Bertz CT molecular complexity index is 203. The third-order valence-corrected chi connectivity index (χ3v) is 3.80. The highest BCUT2D eigenvalue weighted by molar-refractivity contribution is 4.91. The molecule has 0 aliphatic heterocycles. The summed E-state index contributed by atoms with van der Waals surface area (Å²) in [6, 6.07) is 0. The molecule has 1 saturated carbocycles. The van der Waals surface area contributed by atoms with Crippen molar-refractivity contribution in [3.8, 4) is 0 Å². The van der Waals surface area contributed by atoms with E-state index in [1.165, 1.54) is 38.6 Å². The smallest absolute Gasteiger partial charge is 0.0285 e. The lowest BCUT2D eigenvalue weighted by Crippen LogP contribution is -2.52. The number of nitrogens with zero attached hydrogens (tertiary/aromatic N) is 1. The predicted molar refractivity (Wildman–Crippen MR) is 71.5 cm³/mol. The van der Waals surface area contributed by atoms with Gasteiger partial charge in [0.05, 0.1) is 0 Å². The summed E-state index contributed by atoms with van der Waals surface area (Å²) in [7, 11) is 2.22. The van der Waals surface area contributed by atoms with Crippen molar-refractivity contribution in [2.75, 3.05) is 20.1 Å². The molecule has 0 saturated heterocycles. The zero-order valence-corrected chi connectivity index (χ0v) is 11.6. The molecule has 0 heterocycles. The van der Waals surface area contributed by atoms with Crippen molar-refractivity contribution < 1.29 is 0 Å². The predicted octanol–water partition coefficient (Wildman–Crippen LogP) is 2.87. The Balaban J connectivity index is 2.33. The summed E-state index contributed by atoms with van der Waals surface area (Å²) in [4.78, 5) is 2.43. The topological polar surface area (TPSA) is 29.3 Å². The van der Waals surface area contributed by atoms with Gasteiger partial charge in [0.15, 0.2) is 0 Å². The van der Waals surface area contributed by atoms with Crippen molar-refractivity contribution >= 4 is 0 Å². The highest BCUT2D eigenvalue weighted by Gasteiger charge is 2.31. The molecule has 0 bridgehead atoms. The lowest BCUT2D eigenvalue weighted by atomic mass is 9.77. The summed E-state index contributed by atoms with van der Waals surface area (Å²) in [6.07, 6.45) is 6.38. The van der Waals surface area contributed by atoms with Crippen LogP contribution in [0.3, 0.4) is 0 Å². The molecule has 1 aliphatic rings. The SMILES string of the molecule is CC(C)CCN(C)CC1(N)CCCC(C)C1. The van der Waals surface area contributed by atoms with Crippen LogP contribution in [0.1, 0.15) is 52.9 Å². The fraction of sp³-hybridized carbons (Fsp3) is 1.00. The highest BCUT2D eigenvalue weighted by atomic mass is 15.1. The molecule has 2 nitrogen and oxygen atoms in total. The average molecular weight is 226 g/mol. The van der Waals surface area contributed by atoms with E-state index in [9.17, 15) is 0 Å². The zero-order chi connectivity index (χ0) is 12.2. The minimum absolute atomic E-state index is 0.0867. The molecule has 1 fully saturated rings. The van der Waals surface area contributed by atoms with E-state index >= 15 is 0 Å². The minimum Gasteiger partial charge on any atom is -0.324 e. The van der Waals surface area contributed by atoms with Crippen molar-refractivity contribution in [1.29, 1.82) is 0 Å². The van der Waals surface area contributed by atoms with Crippen LogP contribution in [0.2, 0.25) is 0 Å². The minimum atomic E-state index is 0.0867. The van der Waals surface area contributed by atoms with Gasteiger partial charge in [-0.05, 0) is 44.7 Å². The van der Waals surface area contributed by atoms with Crippen molar-refractivity contribution in [1.82, 2.24) is 4.90 Å². The van der Waals surface area contributed by atoms with Crippen molar-refractivity contribution in [2.45, 2.75) is 58.4 Å². The van der Waals surface area contributed by atoms with Gasteiger partial charge in [0.2, 0.25) is 0 Å². The van der Waals surface area contributed by atoms with Crippen LogP contribution in [0, 0.1) is 11.8 Å². The largest absolute Gasteiger partial charge is 0.324 e. The summed E-state index contributed by atoms with van der Waals surface area (Å²) >= 11 is 0. The van der Waals surface area contributed by atoms with Gasteiger partial charge in [-0.2, -0.15) is 0 Å². The molecule has 2 heteroatoms. The molecule has 0 amide bonds. The third kappa shape index (κ3) is 4.84. The molecular weight excluding hydrogens is 196 g/mol. The van der Waals surface area contributed by atoms with E-state index in [4.69, 9.17) is 5.73 Å². The first kappa shape index (κ1) is 14.0. The fourth-order valence-electron chi connectivity index (χ4n) is 2.94. The Morgan fingerprint density at radius 3 is 2.69 bits per heavy atom. The first-order valence-electron chi connectivity index (χ1n) is 6.89. The van der Waals surface area contributed by atoms with Crippen LogP contribution < -0.4 is 5.73 Å². The Morgan fingerprint density at radius 1 is 1.44 bits per heavy atom. The lowest BCUT2D eigenvalue weighted by Gasteiger charge is -2.39. The lowest BCUT2D eigenvalue weighted by molar-refractivity contribution is 0.165. The average Bonchev–Trinajstić information content (AvgIpc) is 2.13. The fourth-order valence-corrected chi connectivity index (χ4v) is 2.94. The summed E-state index contributed by atoms with van der Waals surface area (Å²) in [5.41, 5.74) is 6.60. The number of nitrogens with two attached hydrogens (primary N) is 1. The van der Waals surface area contributed by atoms with Gasteiger partial charge in [-0.15, -0.1) is 0 Å². The quantitative estimate of drug-likeness (QED) is 0.781. The van der Waals surface area contributed by atoms with E-state index in [0.29, 0.717) is 0 Å². The second kappa shape index (κ2) is 6.02. The summed E-state index contributed by atoms with van der Waals surface area (Å²) in [5.74, 6) is 1.61. The molecule has 2 unspecified atom stereocenters. The van der Waals surface area contributed by atoms with Gasteiger partial charge >= 0.3 is 0 Å². The third-order valence-electron chi connectivity index (χ3n) is 3.80. The Hall–Kier alpha value is -0.0800. The van der Waals surface area contributed by atoms with E-state index in [1.54, 1.807) is 0 Å². The maximum Gasteiger partial charge on any atom is 0.0285 e. The first-order valence-corrected chi connectivity index (χ1v) is 6.89. The van der Waals surface area contributed by atoms with E-state index < -0.39 is 0 Å². The molecule has 0 spiro atoms. The molecular formula is C14H30N2. The van der Waals surface area contributed by atoms with E-state index in [0.717, 1.165) is 18.4 Å². The van der Waals surface area contributed by atoms with Crippen LogP contribution in [-0.2, 0) is 0 Å². The van der Waals surface area contributed by atoms with E-state index in [2.05, 4.69) is 32.7 Å².